The highest BCUT2D eigenvalue weighted by molar-refractivity contribution is 5.75. The van der Waals surface area contributed by atoms with Crippen LogP contribution in [0.5, 0.6) is 0 Å². The number of unbranched alkanes of at least 4 members (excludes halogenated alkanes) is 1. The second-order valence-electron chi connectivity index (χ2n) is 5.27. The fourth-order valence-electron chi connectivity index (χ4n) is 2.82. The maximum atomic E-state index is 11.9. The van der Waals surface area contributed by atoms with E-state index in [2.05, 4.69) is 6.92 Å². The maximum absolute atomic E-state index is 11.9. The summed E-state index contributed by atoms with van der Waals surface area (Å²) in [6.45, 7) is 2.11. The molecule has 3 unspecified atom stereocenters. The summed E-state index contributed by atoms with van der Waals surface area (Å²) in [6.07, 6.45) is 6.60. The van der Waals surface area contributed by atoms with Crippen LogP contribution in [0.2, 0.25) is 0 Å². The van der Waals surface area contributed by atoms with Gasteiger partial charge in [-0.05, 0) is 26.3 Å². The van der Waals surface area contributed by atoms with Crippen LogP contribution in [0.1, 0.15) is 51.9 Å². The van der Waals surface area contributed by atoms with Gasteiger partial charge in [0.2, 0.25) is 0 Å². The van der Waals surface area contributed by atoms with E-state index in [1.807, 2.05) is 11.9 Å². The average molecular weight is 257 g/mol. The molecule has 3 atom stereocenters. The van der Waals surface area contributed by atoms with Crippen LogP contribution in [-0.4, -0.2) is 48.3 Å². The second kappa shape index (κ2) is 7.74. The fourth-order valence-corrected chi connectivity index (χ4v) is 2.82. The lowest BCUT2D eigenvalue weighted by atomic mass is 9.90. The molecule has 0 heterocycles. The number of likely N-dealkylation sites (N-methyl/N-ethyl adjacent to an activating group) is 1. The SMILES string of the molecule is CCCCC(C(=O)OC)N(C)C1CCCCC1O. The molecule has 4 heteroatoms. The molecule has 0 aromatic rings. The zero-order valence-electron chi connectivity index (χ0n) is 11.9. The number of esters is 1. The van der Waals surface area contributed by atoms with Crippen molar-refractivity contribution in [1.29, 1.82) is 0 Å². The van der Waals surface area contributed by atoms with E-state index in [0.29, 0.717) is 0 Å². The third-order valence-corrected chi connectivity index (χ3v) is 4.01. The lowest BCUT2D eigenvalue weighted by Gasteiger charge is -2.38. The molecule has 0 aromatic heterocycles. The number of aliphatic hydroxyl groups is 1. The topological polar surface area (TPSA) is 49.8 Å². The van der Waals surface area contributed by atoms with Gasteiger partial charge in [0.25, 0.3) is 0 Å². The predicted molar refractivity (Wildman–Crippen MR) is 71.4 cm³/mol. The minimum Gasteiger partial charge on any atom is -0.468 e. The van der Waals surface area contributed by atoms with Crippen LogP contribution in [0.3, 0.4) is 0 Å². The Labute approximate surface area is 110 Å². The summed E-state index contributed by atoms with van der Waals surface area (Å²) in [5, 5.41) is 10.1. The van der Waals surface area contributed by atoms with E-state index >= 15 is 0 Å². The zero-order valence-corrected chi connectivity index (χ0v) is 11.9. The van der Waals surface area contributed by atoms with E-state index in [1.165, 1.54) is 7.11 Å². The molecule has 1 N–H and O–H groups in total. The van der Waals surface area contributed by atoms with Gasteiger partial charge in [0.15, 0.2) is 0 Å². The molecule has 1 saturated carbocycles. The van der Waals surface area contributed by atoms with Crippen LogP contribution < -0.4 is 0 Å². The summed E-state index contributed by atoms with van der Waals surface area (Å²) >= 11 is 0. The van der Waals surface area contributed by atoms with E-state index in [0.717, 1.165) is 44.9 Å². The summed E-state index contributed by atoms with van der Waals surface area (Å²) in [5.74, 6) is -0.177. The molecule has 0 aliphatic heterocycles. The third kappa shape index (κ3) is 3.95. The van der Waals surface area contributed by atoms with Crippen molar-refractivity contribution in [1.82, 2.24) is 4.90 Å². The Hall–Kier alpha value is -0.610. The molecule has 1 fully saturated rings. The lowest BCUT2D eigenvalue weighted by Crippen LogP contribution is -2.51. The first-order chi connectivity index (χ1) is 8.61. The van der Waals surface area contributed by atoms with Crippen LogP contribution in [-0.2, 0) is 9.53 Å². The van der Waals surface area contributed by atoms with Crippen molar-refractivity contribution in [3.63, 3.8) is 0 Å². The van der Waals surface area contributed by atoms with Crippen molar-refractivity contribution in [2.45, 2.75) is 70.1 Å². The van der Waals surface area contributed by atoms with E-state index in [1.54, 1.807) is 0 Å². The van der Waals surface area contributed by atoms with Gasteiger partial charge >= 0.3 is 5.97 Å². The van der Waals surface area contributed by atoms with Gasteiger partial charge in [-0.3, -0.25) is 9.69 Å². The number of nitrogens with zero attached hydrogens (tertiary/aromatic N) is 1. The molecule has 0 radical (unpaired) electrons. The number of aliphatic hydroxyl groups excluding tert-OH is 1. The molecule has 0 spiro atoms. The van der Waals surface area contributed by atoms with Gasteiger partial charge in [0, 0.05) is 6.04 Å². The van der Waals surface area contributed by atoms with Gasteiger partial charge in [-0.25, -0.2) is 0 Å². The number of carbonyl (C=O) groups excluding carboxylic acids is 1. The molecule has 1 rings (SSSR count). The van der Waals surface area contributed by atoms with Crippen molar-refractivity contribution in [3.05, 3.63) is 0 Å². The van der Waals surface area contributed by atoms with E-state index < -0.39 is 0 Å². The van der Waals surface area contributed by atoms with Crippen LogP contribution >= 0.6 is 0 Å². The van der Waals surface area contributed by atoms with Crippen LogP contribution in [0.15, 0.2) is 0 Å². The Balaban J connectivity index is 2.66. The molecular weight excluding hydrogens is 230 g/mol. The monoisotopic (exact) mass is 257 g/mol. The molecule has 18 heavy (non-hydrogen) atoms. The van der Waals surface area contributed by atoms with Crippen molar-refractivity contribution in [2.75, 3.05) is 14.2 Å². The minimum absolute atomic E-state index is 0.0970. The molecular formula is C14H27NO3. The van der Waals surface area contributed by atoms with Gasteiger partial charge in [0.05, 0.1) is 13.2 Å². The third-order valence-electron chi connectivity index (χ3n) is 4.01. The number of ether oxygens (including phenoxy) is 1. The molecule has 1 aliphatic rings. The number of hydrogen-bond acceptors (Lipinski definition) is 4. The van der Waals surface area contributed by atoms with Gasteiger partial charge in [-0.1, -0.05) is 32.6 Å². The quantitative estimate of drug-likeness (QED) is 0.739. The van der Waals surface area contributed by atoms with Crippen LogP contribution in [0.25, 0.3) is 0 Å². The van der Waals surface area contributed by atoms with Crippen molar-refractivity contribution < 1.29 is 14.6 Å². The number of methoxy groups -OCH3 is 1. The highest BCUT2D eigenvalue weighted by Crippen LogP contribution is 2.25. The molecule has 1 aliphatic carbocycles. The first-order valence-electron chi connectivity index (χ1n) is 7.09. The Morgan fingerprint density at radius 2 is 2.11 bits per heavy atom. The lowest BCUT2D eigenvalue weighted by molar-refractivity contribution is -0.149. The summed E-state index contributed by atoms with van der Waals surface area (Å²) in [5.41, 5.74) is 0. The average Bonchev–Trinajstić information content (AvgIpc) is 2.39. The minimum atomic E-state index is -0.308. The first-order valence-corrected chi connectivity index (χ1v) is 7.09. The number of hydrogen-bond donors (Lipinski definition) is 1. The van der Waals surface area contributed by atoms with E-state index in [-0.39, 0.29) is 24.2 Å². The summed E-state index contributed by atoms with van der Waals surface area (Å²) in [4.78, 5) is 13.9. The van der Waals surface area contributed by atoms with Crippen molar-refractivity contribution in [3.8, 4) is 0 Å². The van der Waals surface area contributed by atoms with Crippen molar-refractivity contribution >= 4 is 5.97 Å². The molecule has 0 aromatic carbocycles. The molecule has 4 nitrogen and oxygen atoms in total. The Bertz CT molecular complexity index is 257. The molecule has 0 bridgehead atoms. The van der Waals surface area contributed by atoms with Crippen molar-refractivity contribution in [2.24, 2.45) is 0 Å². The largest absolute Gasteiger partial charge is 0.468 e. The molecule has 0 amide bonds. The maximum Gasteiger partial charge on any atom is 0.323 e. The Morgan fingerprint density at radius 1 is 1.44 bits per heavy atom. The second-order valence-corrected chi connectivity index (χ2v) is 5.27. The normalized spacial score (nSPS) is 26.1. The summed E-state index contributed by atoms with van der Waals surface area (Å²) in [7, 11) is 3.38. The standard InChI is InChI=1S/C14H27NO3/c1-4-5-8-12(14(17)18-3)15(2)11-9-6-7-10-13(11)16/h11-13,16H,4-10H2,1-3H3. The molecule has 106 valence electrons. The summed E-state index contributed by atoms with van der Waals surface area (Å²) in [6, 6.07) is -0.118. The van der Waals surface area contributed by atoms with Crippen LogP contribution in [0, 0.1) is 0 Å². The fraction of sp³-hybridized carbons (Fsp3) is 0.929. The number of rotatable bonds is 6. The highest BCUT2D eigenvalue weighted by atomic mass is 16.5. The van der Waals surface area contributed by atoms with Gasteiger partial charge < -0.3 is 9.84 Å². The number of carbonyl (C=O) groups is 1. The smallest absolute Gasteiger partial charge is 0.323 e. The molecule has 0 saturated heterocycles. The summed E-state index contributed by atoms with van der Waals surface area (Å²) < 4.78 is 4.89. The highest BCUT2D eigenvalue weighted by Gasteiger charge is 2.33. The van der Waals surface area contributed by atoms with Crippen LogP contribution in [0.4, 0.5) is 0 Å². The van der Waals surface area contributed by atoms with Gasteiger partial charge in [0.1, 0.15) is 6.04 Å². The van der Waals surface area contributed by atoms with E-state index in [4.69, 9.17) is 4.74 Å². The Morgan fingerprint density at radius 3 is 2.67 bits per heavy atom. The zero-order chi connectivity index (χ0) is 13.5. The predicted octanol–water partition coefficient (Wildman–Crippen LogP) is 1.95. The van der Waals surface area contributed by atoms with E-state index in [9.17, 15) is 9.90 Å². The van der Waals surface area contributed by atoms with Gasteiger partial charge in [-0.2, -0.15) is 0 Å². The Kier molecular flexibility index (Phi) is 6.65. The first kappa shape index (κ1) is 15.4. The van der Waals surface area contributed by atoms with Gasteiger partial charge in [-0.15, -0.1) is 0 Å².